The number of rotatable bonds is 3. The Morgan fingerprint density at radius 3 is 3.00 bits per heavy atom. The summed E-state index contributed by atoms with van der Waals surface area (Å²) >= 11 is 0. The lowest BCUT2D eigenvalue weighted by molar-refractivity contribution is 0.185. The van der Waals surface area contributed by atoms with Crippen LogP contribution < -0.4 is 5.32 Å². The van der Waals surface area contributed by atoms with E-state index < -0.39 is 0 Å². The van der Waals surface area contributed by atoms with E-state index in [4.69, 9.17) is 4.42 Å². The molecule has 4 nitrogen and oxygen atoms in total. The van der Waals surface area contributed by atoms with Crippen LogP contribution in [0.25, 0.3) is 0 Å². The van der Waals surface area contributed by atoms with Crippen molar-refractivity contribution in [2.75, 3.05) is 13.1 Å². The zero-order chi connectivity index (χ0) is 10.7. The Balaban J connectivity index is 1.99. The number of nitrogens with one attached hydrogen (secondary N) is 1. The molecule has 0 radical (unpaired) electrons. The van der Waals surface area contributed by atoms with Gasteiger partial charge in [0.15, 0.2) is 5.89 Å². The van der Waals surface area contributed by atoms with Gasteiger partial charge in [-0.15, -0.1) is 0 Å². The number of hydrogen-bond acceptors (Lipinski definition) is 4. The number of aliphatic hydroxyl groups excluding tert-OH is 1. The van der Waals surface area contributed by atoms with Crippen molar-refractivity contribution in [1.82, 2.24) is 10.3 Å². The van der Waals surface area contributed by atoms with Crippen LogP contribution >= 0.6 is 0 Å². The van der Waals surface area contributed by atoms with Crippen molar-refractivity contribution in [3.63, 3.8) is 0 Å². The van der Waals surface area contributed by atoms with Crippen LogP contribution in [0.15, 0.2) is 10.6 Å². The smallest absolute Gasteiger partial charge is 0.197 e. The summed E-state index contributed by atoms with van der Waals surface area (Å²) in [5.74, 6) is 2.08. The van der Waals surface area contributed by atoms with Crippen molar-refractivity contribution < 1.29 is 9.52 Å². The van der Waals surface area contributed by atoms with Crippen LogP contribution in [0.5, 0.6) is 0 Å². The quantitative estimate of drug-likeness (QED) is 0.783. The second-order valence-electron chi connectivity index (χ2n) is 4.24. The second-order valence-corrected chi connectivity index (χ2v) is 4.24. The third-order valence-corrected chi connectivity index (χ3v) is 2.76. The molecule has 0 spiro atoms. The second kappa shape index (κ2) is 4.77. The van der Waals surface area contributed by atoms with Gasteiger partial charge < -0.3 is 14.8 Å². The average molecular weight is 210 g/mol. The minimum absolute atomic E-state index is 0.362. The van der Waals surface area contributed by atoms with Crippen molar-refractivity contribution in [3.8, 4) is 0 Å². The van der Waals surface area contributed by atoms with Crippen molar-refractivity contribution in [3.05, 3.63) is 17.8 Å². The van der Waals surface area contributed by atoms with Crippen LogP contribution in [0.1, 0.15) is 37.3 Å². The highest BCUT2D eigenvalue weighted by Crippen LogP contribution is 2.24. The lowest BCUT2D eigenvalue weighted by Gasteiger charge is -2.19. The maximum Gasteiger partial charge on any atom is 0.197 e. The predicted octanol–water partition coefficient (Wildman–Crippen LogP) is 1.06. The minimum Gasteiger partial charge on any atom is -0.445 e. The van der Waals surface area contributed by atoms with Crippen molar-refractivity contribution in [2.45, 2.75) is 38.2 Å². The lowest BCUT2D eigenvalue weighted by Crippen LogP contribution is -2.26. The molecule has 1 unspecified atom stereocenters. The van der Waals surface area contributed by atoms with Gasteiger partial charge in [-0.05, 0) is 32.9 Å². The predicted molar refractivity (Wildman–Crippen MR) is 56.7 cm³/mol. The number of nitrogens with zero attached hydrogens (tertiary/aromatic N) is 1. The molecule has 2 rings (SSSR count). The Kier molecular flexibility index (Phi) is 3.38. The molecular weight excluding hydrogens is 192 g/mol. The van der Waals surface area contributed by atoms with Gasteiger partial charge in [-0.1, -0.05) is 0 Å². The van der Waals surface area contributed by atoms with Crippen LogP contribution in [-0.2, 0) is 6.42 Å². The normalized spacial score (nSPS) is 20.4. The molecule has 4 heteroatoms. The summed E-state index contributed by atoms with van der Waals surface area (Å²) in [4.78, 5) is 4.29. The van der Waals surface area contributed by atoms with Crippen molar-refractivity contribution in [2.24, 2.45) is 0 Å². The number of aromatic nitrogens is 1. The molecule has 2 heterocycles. The molecule has 1 aromatic rings. The van der Waals surface area contributed by atoms with Gasteiger partial charge >= 0.3 is 0 Å². The summed E-state index contributed by atoms with van der Waals surface area (Å²) in [6.45, 7) is 3.84. The van der Waals surface area contributed by atoms with E-state index in [1.807, 2.05) is 0 Å². The van der Waals surface area contributed by atoms with Crippen molar-refractivity contribution >= 4 is 0 Å². The minimum atomic E-state index is -0.362. The van der Waals surface area contributed by atoms with E-state index in [0.29, 0.717) is 12.3 Å². The largest absolute Gasteiger partial charge is 0.445 e. The van der Waals surface area contributed by atoms with Gasteiger partial charge in [0, 0.05) is 12.3 Å². The molecule has 15 heavy (non-hydrogen) atoms. The summed E-state index contributed by atoms with van der Waals surface area (Å²) in [6.07, 6.45) is 4.12. The molecule has 84 valence electrons. The molecular formula is C11H18N2O2. The molecule has 0 aromatic carbocycles. The topological polar surface area (TPSA) is 58.3 Å². The lowest BCUT2D eigenvalue weighted by atomic mass is 9.98. The number of oxazole rings is 1. The number of hydrogen-bond donors (Lipinski definition) is 2. The highest BCUT2D eigenvalue weighted by molar-refractivity contribution is 5.01. The van der Waals surface area contributed by atoms with E-state index in [9.17, 15) is 5.11 Å². The first-order valence-electron chi connectivity index (χ1n) is 5.59. The van der Waals surface area contributed by atoms with Crippen LogP contribution in [0.2, 0.25) is 0 Å². The molecule has 0 saturated carbocycles. The Hall–Kier alpha value is -0.870. The zero-order valence-corrected chi connectivity index (χ0v) is 9.07. The Morgan fingerprint density at radius 1 is 1.60 bits per heavy atom. The molecule has 2 N–H and O–H groups in total. The zero-order valence-electron chi connectivity index (χ0n) is 9.07. The van der Waals surface area contributed by atoms with Gasteiger partial charge in [-0.2, -0.15) is 0 Å². The highest BCUT2D eigenvalue weighted by Gasteiger charge is 2.20. The molecule has 1 saturated heterocycles. The molecule has 1 aromatic heterocycles. The molecule has 0 amide bonds. The first-order valence-corrected chi connectivity index (χ1v) is 5.59. The first kappa shape index (κ1) is 10.6. The molecule has 0 bridgehead atoms. The Morgan fingerprint density at radius 2 is 2.33 bits per heavy atom. The fourth-order valence-electron chi connectivity index (χ4n) is 1.97. The standard InChI is InChI=1S/C11H18N2O2/c1-8(14)6-10-7-13-11(15-10)9-2-4-12-5-3-9/h7-9,12,14H,2-6H2,1H3. The summed E-state index contributed by atoms with van der Waals surface area (Å²) in [5, 5.41) is 12.5. The maximum atomic E-state index is 9.23. The Bertz CT molecular complexity index is 303. The van der Waals surface area contributed by atoms with Crippen LogP contribution in [0.3, 0.4) is 0 Å². The maximum absolute atomic E-state index is 9.23. The fraction of sp³-hybridized carbons (Fsp3) is 0.727. The summed E-state index contributed by atoms with van der Waals surface area (Å²) in [6, 6.07) is 0. The third kappa shape index (κ3) is 2.79. The van der Waals surface area contributed by atoms with E-state index in [1.54, 1.807) is 13.1 Å². The SMILES string of the molecule is CC(O)Cc1cnc(C2CCNCC2)o1. The highest BCUT2D eigenvalue weighted by atomic mass is 16.4. The monoisotopic (exact) mass is 210 g/mol. The molecule has 1 atom stereocenters. The molecule has 1 fully saturated rings. The summed E-state index contributed by atoms with van der Waals surface area (Å²) in [7, 11) is 0. The van der Waals surface area contributed by atoms with E-state index in [-0.39, 0.29) is 6.10 Å². The van der Waals surface area contributed by atoms with E-state index in [0.717, 1.165) is 37.6 Å². The van der Waals surface area contributed by atoms with Gasteiger partial charge in [0.05, 0.1) is 12.3 Å². The van der Waals surface area contributed by atoms with Gasteiger partial charge in [0.2, 0.25) is 0 Å². The molecule has 0 aliphatic carbocycles. The molecule has 1 aliphatic rings. The van der Waals surface area contributed by atoms with E-state index in [2.05, 4.69) is 10.3 Å². The van der Waals surface area contributed by atoms with E-state index >= 15 is 0 Å². The first-order chi connectivity index (χ1) is 7.25. The van der Waals surface area contributed by atoms with Crippen LogP contribution in [0, 0.1) is 0 Å². The van der Waals surface area contributed by atoms with Crippen LogP contribution in [-0.4, -0.2) is 29.3 Å². The molecule has 1 aliphatic heterocycles. The van der Waals surface area contributed by atoms with Gasteiger partial charge in [0.25, 0.3) is 0 Å². The number of piperidine rings is 1. The van der Waals surface area contributed by atoms with Gasteiger partial charge in [-0.25, -0.2) is 4.98 Å². The van der Waals surface area contributed by atoms with Gasteiger partial charge in [-0.3, -0.25) is 0 Å². The fourth-order valence-corrected chi connectivity index (χ4v) is 1.97. The summed E-state index contributed by atoms with van der Waals surface area (Å²) in [5.41, 5.74) is 0. The van der Waals surface area contributed by atoms with Crippen molar-refractivity contribution in [1.29, 1.82) is 0 Å². The Labute approximate surface area is 89.7 Å². The third-order valence-electron chi connectivity index (χ3n) is 2.76. The van der Waals surface area contributed by atoms with Gasteiger partial charge in [0.1, 0.15) is 5.76 Å². The number of aliphatic hydroxyl groups is 1. The summed E-state index contributed by atoms with van der Waals surface area (Å²) < 4.78 is 5.64. The van der Waals surface area contributed by atoms with E-state index in [1.165, 1.54) is 0 Å². The average Bonchev–Trinajstić information content (AvgIpc) is 2.67. The van der Waals surface area contributed by atoms with Crippen LogP contribution in [0.4, 0.5) is 0 Å².